The number of rotatable bonds is 3. The molecule has 1 amide bonds. The number of hydrogen-bond acceptors (Lipinski definition) is 3. The van der Waals surface area contributed by atoms with E-state index >= 15 is 0 Å². The molecule has 0 aliphatic rings. The average molecular weight is 218 g/mol. The molecule has 0 bridgehead atoms. The van der Waals surface area contributed by atoms with Crippen molar-refractivity contribution in [2.24, 2.45) is 0 Å². The molecular formula is C11H10N2O3. The van der Waals surface area contributed by atoms with Crippen LogP contribution in [0.1, 0.15) is 22.3 Å². The number of aromatic carboxylic acids is 1. The second-order valence-electron chi connectivity index (χ2n) is 3.22. The molecule has 0 heterocycles. The number of benzene rings is 1. The maximum Gasteiger partial charge on any atom is 0.336 e. The van der Waals surface area contributed by atoms with Gasteiger partial charge in [-0.15, -0.1) is 0 Å². The van der Waals surface area contributed by atoms with Crippen molar-refractivity contribution in [1.82, 2.24) is 0 Å². The molecule has 0 atom stereocenters. The lowest BCUT2D eigenvalue weighted by Crippen LogP contribution is -2.11. The topological polar surface area (TPSA) is 90.2 Å². The maximum atomic E-state index is 11.1. The van der Waals surface area contributed by atoms with E-state index in [9.17, 15) is 9.59 Å². The van der Waals surface area contributed by atoms with E-state index in [2.05, 4.69) is 5.32 Å². The number of carbonyl (C=O) groups is 2. The number of carboxylic acid groups (broad SMARTS) is 1. The van der Waals surface area contributed by atoms with Gasteiger partial charge in [-0.1, -0.05) is 6.07 Å². The number of nitrogens with zero attached hydrogens (tertiary/aromatic N) is 1. The Morgan fingerprint density at radius 1 is 1.50 bits per heavy atom. The van der Waals surface area contributed by atoms with Gasteiger partial charge in [-0.05, 0) is 24.6 Å². The van der Waals surface area contributed by atoms with Crippen LogP contribution in [0.2, 0.25) is 0 Å². The summed E-state index contributed by atoms with van der Waals surface area (Å²) < 4.78 is 0. The summed E-state index contributed by atoms with van der Waals surface area (Å²) in [5, 5.41) is 19.6. The third-order valence-electron chi connectivity index (χ3n) is 1.99. The van der Waals surface area contributed by atoms with Crippen molar-refractivity contribution in [3.05, 3.63) is 29.3 Å². The quantitative estimate of drug-likeness (QED) is 0.805. The zero-order chi connectivity index (χ0) is 12.1. The van der Waals surface area contributed by atoms with E-state index in [1.807, 2.05) is 0 Å². The predicted octanol–water partition coefficient (Wildman–Crippen LogP) is 1.55. The fourth-order valence-corrected chi connectivity index (χ4v) is 1.21. The average Bonchev–Trinajstić information content (AvgIpc) is 2.21. The highest BCUT2D eigenvalue weighted by Gasteiger charge is 2.09. The second kappa shape index (κ2) is 4.94. The molecule has 5 heteroatoms. The van der Waals surface area contributed by atoms with Crippen LogP contribution in [0.25, 0.3) is 0 Å². The molecule has 0 fully saturated rings. The first-order valence-electron chi connectivity index (χ1n) is 4.55. The molecule has 2 N–H and O–H groups in total. The molecule has 0 unspecified atom stereocenters. The van der Waals surface area contributed by atoms with Gasteiger partial charge in [0.15, 0.2) is 0 Å². The van der Waals surface area contributed by atoms with Crippen molar-refractivity contribution < 1.29 is 14.7 Å². The predicted molar refractivity (Wildman–Crippen MR) is 57.0 cm³/mol. The molecule has 1 aromatic rings. The van der Waals surface area contributed by atoms with Crippen molar-refractivity contribution in [2.45, 2.75) is 13.3 Å². The lowest BCUT2D eigenvalue weighted by atomic mass is 10.1. The maximum absolute atomic E-state index is 11.1. The minimum Gasteiger partial charge on any atom is -0.478 e. The summed E-state index contributed by atoms with van der Waals surface area (Å²) in [7, 11) is 0. The molecule has 82 valence electrons. The smallest absolute Gasteiger partial charge is 0.336 e. The Morgan fingerprint density at radius 3 is 2.75 bits per heavy atom. The molecule has 0 radical (unpaired) electrons. The van der Waals surface area contributed by atoms with Crippen molar-refractivity contribution in [3.8, 4) is 6.07 Å². The molecule has 1 aromatic carbocycles. The number of nitrogens with one attached hydrogen (secondary N) is 1. The standard InChI is InChI=1S/C11H10N2O3/c1-7-2-3-8(6-9(7)11(15)16)13-10(14)4-5-12/h2-3,6H,4H2,1H3,(H,13,14)(H,15,16). The third-order valence-corrected chi connectivity index (χ3v) is 1.99. The Kier molecular flexibility index (Phi) is 3.62. The Balaban J connectivity index is 2.92. The molecule has 0 spiro atoms. The summed E-state index contributed by atoms with van der Waals surface area (Å²) in [4.78, 5) is 21.9. The Labute approximate surface area is 92.3 Å². The molecule has 16 heavy (non-hydrogen) atoms. The van der Waals surface area contributed by atoms with Crippen molar-refractivity contribution in [1.29, 1.82) is 5.26 Å². The minimum absolute atomic E-state index is 0.134. The number of hydrogen-bond donors (Lipinski definition) is 2. The van der Waals surface area contributed by atoms with E-state index in [1.54, 1.807) is 25.1 Å². The number of nitriles is 1. The van der Waals surface area contributed by atoms with Crippen LogP contribution in [-0.2, 0) is 4.79 Å². The van der Waals surface area contributed by atoms with Crippen molar-refractivity contribution >= 4 is 17.6 Å². The number of amides is 1. The van der Waals surface area contributed by atoms with Crippen molar-refractivity contribution in [2.75, 3.05) is 5.32 Å². The van der Waals surface area contributed by atoms with E-state index in [-0.39, 0.29) is 12.0 Å². The molecular weight excluding hydrogens is 208 g/mol. The molecule has 5 nitrogen and oxygen atoms in total. The third kappa shape index (κ3) is 2.82. The van der Waals surface area contributed by atoms with Gasteiger partial charge in [-0.2, -0.15) is 5.26 Å². The van der Waals surface area contributed by atoms with Gasteiger partial charge < -0.3 is 10.4 Å². The fourth-order valence-electron chi connectivity index (χ4n) is 1.21. The van der Waals surface area contributed by atoms with Crippen LogP contribution in [-0.4, -0.2) is 17.0 Å². The summed E-state index contributed by atoms with van der Waals surface area (Å²) >= 11 is 0. The summed E-state index contributed by atoms with van der Waals surface area (Å²) in [6.45, 7) is 1.67. The van der Waals surface area contributed by atoms with E-state index in [4.69, 9.17) is 10.4 Å². The van der Waals surface area contributed by atoms with Gasteiger partial charge in [-0.3, -0.25) is 4.79 Å². The zero-order valence-corrected chi connectivity index (χ0v) is 8.65. The van der Waals surface area contributed by atoms with Crippen LogP contribution < -0.4 is 5.32 Å². The monoisotopic (exact) mass is 218 g/mol. The Bertz CT molecular complexity index is 475. The number of aryl methyl sites for hydroxylation is 1. The van der Waals surface area contributed by atoms with Gasteiger partial charge in [0.05, 0.1) is 11.6 Å². The summed E-state index contributed by atoms with van der Waals surface area (Å²) in [5.74, 6) is -1.50. The second-order valence-corrected chi connectivity index (χ2v) is 3.22. The molecule has 0 aliphatic heterocycles. The van der Waals surface area contributed by atoms with E-state index in [0.717, 1.165) is 0 Å². The SMILES string of the molecule is Cc1ccc(NC(=O)CC#N)cc1C(=O)O. The van der Waals surface area contributed by atoms with Crippen LogP contribution in [0, 0.1) is 18.3 Å². The van der Waals surface area contributed by atoms with E-state index < -0.39 is 11.9 Å². The van der Waals surface area contributed by atoms with Gasteiger partial charge >= 0.3 is 5.97 Å². The molecule has 0 aromatic heterocycles. The van der Waals surface area contributed by atoms with Crippen LogP contribution >= 0.6 is 0 Å². The lowest BCUT2D eigenvalue weighted by molar-refractivity contribution is -0.115. The van der Waals surface area contributed by atoms with E-state index in [1.165, 1.54) is 6.07 Å². The first kappa shape index (κ1) is 11.7. The largest absolute Gasteiger partial charge is 0.478 e. The normalized spacial score (nSPS) is 9.25. The Morgan fingerprint density at radius 2 is 2.19 bits per heavy atom. The number of carbonyl (C=O) groups excluding carboxylic acids is 1. The summed E-state index contributed by atoms with van der Waals surface area (Å²) in [6, 6.07) is 6.27. The minimum atomic E-state index is -1.05. The first-order chi connectivity index (χ1) is 7.54. The van der Waals surface area contributed by atoms with Crippen LogP contribution in [0.15, 0.2) is 18.2 Å². The van der Waals surface area contributed by atoms with Crippen LogP contribution in [0.3, 0.4) is 0 Å². The molecule has 0 saturated carbocycles. The van der Waals surface area contributed by atoms with E-state index in [0.29, 0.717) is 11.3 Å². The molecule has 1 rings (SSSR count). The number of carboxylic acids is 1. The Hall–Kier alpha value is -2.35. The zero-order valence-electron chi connectivity index (χ0n) is 8.65. The number of anilines is 1. The van der Waals surface area contributed by atoms with Crippen LogP contribution in [0.5, 0.6) is 0 Å². The highest BCUT2D eigenvalue weighted by molar-refractivity contribution is 5.95. The van der Waals surface area contributed by atoms with Crippen molar-refractivity contribution in [3.63, 3.8) is 0 Å². The molecule has 0 saturated heterocycles. The van der Waals surface area contributed by atoms with Gasteiger partial charge in [0, 0.05) is 5.69 Å². The molecule has 0 aliphatic carbocycles. The first-order valence-corrected chi connectivity index (χ1v) is 4.55. The van der Waals surface area contributed by atoms with Gasteiger partial charge in [0.25, 0.3) is 0 Å². The summed E-state index contributed by atoms with van der Waals surface area (Å²) in [6.07, 6.45) is -0.254. The summed E-state index contributed by atoms with van der Waals surface area (Å²) in [5.41, 5.74) is 1.13. The lowest BCUT2D eigenvalue weighted by Gasteiger charge is -2.06. The fraction of sp³-hybridized carbons (Fsp3) is 0.182. The van der Waals surface area contributed by atoms with Gasteiger partial charge in [0.1, 0.15) is 6.42 Å². The van der Waals surface area contributed by atoms with Crippen LogP contribution in [0.4, 0.5) is 5.69 Å². The highest BCUT2D eigenvalue weighted by Crippen LogP contribution is 2.15. The van der Waals surface area contributed by atoms with Gasteiger partial charge in [0.2, 0.25) is 5.91 Å². The van der Waals surface area contributed by atoms with Gasteiger partial charge in [-0.25, -0.2) is 4.79 Å². The highest BCUT2D eigenvalue weighted by atomic mass is 16.4.